The normalized spacial score (nSPS) is 16.4. The summed E-state index contributed by atoms with van der Waals surface area (Å²) in [6.45, 7) is 3.30. The predicted octanol–water partition coefficient (Wildman–Crippen LogP) is 1.32. The predicted molar refractivity (Wildman–Crippen MR) is 102 cm³/mol. The van der Waals surface area contributed by atoms with E-state index in [1.807, 2.05) is 0 Å². The lowest BCUT2D eigenvalue weighted by Gasteiger charge is -2.38. The number of nitrogens with one attached hydrogen (secondary N) is 2. The number of ether oxygens (including phenoxy) is 1. The van der Waals surface area contributed by atoms with Crippen LogP contribution in [0, 0.1) is 0 Å². The quantitative estimate of drug-likeness (QED) is 0.722. The molecule has 1 amide bonds. The molecule has 1 saturated heterocycles. The number of likely N-dealkylation sites (tertiary alicyclic amines) is 1. The van der Waals surface area contributed by atoms with E-state index in [9.17, 15) is 13.2 Å². The van der Waals surface area contributed by atoms with Gasteiger partial charge in [-0.25, -0.2) is 0 Å². The molecule has 1 aromatic rings. The van der Waals surface area contributed by atoms with Gasteiger partial charge < -0.3 is 15.4 Å². The zero-order chi connectivity index (χ0) is 19.3. The van der Waals surface area contributed by atoms with Gasteiger partial charge in [0, 0.05) is 7.05 Å². The van der Waals surface area contributed by atoms with Gasteiger partial charge in [0.25, 0.3) is 5.91 Å². The summed E-state index contributed by atoms with van der Waals surface area (Å²) in [5.74, 6) is 0.0194. The molecular weight excluding hydrogens is 376 g/mol. The van der Waals surface area contributed by atoms with Crippen molar-refractivity contribution in [3.63, 3.8) is 0 Å². The van der Waals surface area contributed by atoms with Gasteiger partial charge in [-0.2, -0.15) is 8.42 Å². The molecule has 1 aliphatic rings. The van der Waals surface area contributed by atoms with Crippen LogP contribution in [-0.2, 0) is 20.8 Å². The van der Waals surface area contributed by atoms with Crippen molar-refractivity contribution in [3.05, 3.63) is 23.8 Å². The number of methoxy groups -OCH3 is 1. The Labute approximate surface area is 159 Å². The van der Waals surface area contributed by atoms with Gasteiger partial charge in [0.15, 0.2) is 5.11 Å². The summed E-state index contributed by atoms with van der Waals surface area (Å²) in [6.07, 6.45) is 1.97. The lowest BCUT2D eigenvalue weighted by molar-refractivity contribution is -0.131. The molecule has 0 bridgehead atoms. The first-order valence-electron chi connectivity index (χ1n) is 8.10. The molecule has 2 rings (SSSR count). The molecule has 8 nitrogen and oxygen atoms in total. The maximum absolute atomic E-state index is 13.0. The summed E-state index contributed by atoms with van der Waals surface area (Å²) in [5, 5.41) is 5.64. The molecule has 142 valence electrons. The van der Waals surface area contributed by atoms with Gasteiger partial charge in [0.1, 0.15) is 17.0 Å². The zero-order valence-electron chi connectivity index (χ0n) is 14.9. The van der Waals surface area contributed by atoms with E-state index in [2.05, 4.69) is 19.9 Å². The minimum atomic E-state index is -2.64. The average molecular weight is 399 g/mol. The maximum atomic E-state index is 13.0. The fourth-order valence-corrected chi connectivity index (χ4v) is 3.45. The highest BCUT2D eigenvalue weighted by Crippen LogP contribution is 2.37. The summed E-state index contributed by atoms with van der Waals surface area (Å²) in [4.78, 5) is 15.1. The van der Waals surface area contributed by atoms with Crippen molar-refractivity contribution >= 4 is 39.4 Å². The van der Waals surface area contributed by atoms with Crippen molar-refractivity contribution in [1.82, 2.24) is 15.5 Å². The molecule has 0 saturated carbocycles. The van der Waals surface area contributed by atoms with E-state index in [0.717, 1.165) is 25.9 Å². The summed E-state index contributed by atoms with van der Waals surface area (Å²) < 4.78 is 30.8. The van der Waals surface area contributed by atoms with Crippen LogP contribution in [0.3, 0.4) is 0 Å². The van der Waals surface area contributed by atoms with Crippen molar-refractivity contribution in [2.45, 2.75) is 25.3 Å². The van der Waals surface area contributed by atoms with E-state index >= 15 is 0 Å². The van der Waals surface area contributed by atoms with Crippen molar-refractivity contribution in [1.29, 1.82) is 0 Å². The Hall–Kier alpha value is -2.04. The molecule has 1 aliphatic heterocycles. The van der Waals surface area contributed by atoms with E-state index in [1.165, 1.54) is 7.11 Å². The second kappa shape index (κ2) is 8.56. The fraction of sp³-hybridized carbons (Fsp3) is 0.500. The molecular formula is C16H22N4O4S2. The van der Waals surface area contributed by atoms with Crippen molar-refractivity contribution in [2.75, 3.05) is 27.2 Å². The Balaban J connectivity index is 2.56. The average Bonchev–Trinajstić information content (AvgIpc) is 3.15. The third-order valence-corrected chi connectivity index (χ3v) is 5.20. The Morgan fingerprint density at radius 3 is 2.54 bits per heavy atom. The first-order valence-corrected chi connectivity index (χ1v) is 9.54. The first-order chi connectivity index (χ1) is 12.3. The number of amides is 1. The third kappa shape index (κ3) is 4.19. The number of carbonyl (C=O) groups is 1. The molecule has 10 heteroatoms. The minimum Gasteiger partial charge on any atom is -0.494 e. The minimum absolute atomic E-state index is 0.146. The molecule has 1 unspecified atom stereocenters. The highest BCUT2D eigenvalue weighted by molar-refractivity contribution is 7.80. The Kier molecular flexibility index (Phi) is 6.68. The van der Waals surface area contributed by atoms with Gasteiger partial charge in [0.2, 0.25) is 0 Å². The van der Waals surface area contributed by atoms with Crippen LogP contribution >= 0.6 is 12.2 Å². The van der Waals surface area contributed by atoms with E-state index in [4.69, 9.17) is 17.0 Å². The maximum Gasteiger partial charge on any atom is 0.316 e. The van der Waals surface area contributed by atoms with Crippen LogP contribution in [0.15, 0.2) is 22.6 Å². The number of thiocarbonyl (C=S) groups is 1. The molecule has 0 radical (unpaired) electrons. The van der Waals surface area contributed by atoms with E-state index in [1.54, 1.807) is 32.2 Å². The number of rotatable bonds is 5. The monoisotopic (exact) mass is 398 g/mol. The van der Waals surface area contributed by atoms with Gasteiger partial charge in [-0.1, -0.05) is 6.07 Å². The van der Waals surface area contributed by atoms with Crippen molar-refractivity contribution in [2.24, 2.45) is 4.36 Å². The van der Waals surface area contributed by atoms with Crippen LogP contribution in [0.2, 0.25) is 0 Å². The Morgan fingerprint density at radius 1 is 1.35 bits per heavy atom. The molecule has 1 fully saturated rings. The standard InChI is InChI=1S/C16H22N4O4S2/c1-16(20-8-4-5-9-20,14(21)18-15(25)17-2)11-6-7-13(24-3)12(10-11)19-26(22)23/h6-7,10H,4-5,8-9H2,1-3H3,(H2,17,18,21,25). The second-order valence-electron chi connectivity index (χ2n) is 5.99. The lowest BCUT2D eigenvalue weighted by Crippen LogP contribution is -2.55. The van der Waals surface area contributed by atoms with E-state index < -0.39 is 16.0 Å². The van der Waals surface area contributed by atoms with Crippen molar-refractivity contribution in [3.8, 4) is 5.75 Å². The highest BCUT2D eigenvalue weighted by Gasteiger charge is 2.43. The lowest BCUT2D eigenvalue weighted by atomic mass is 9.88. The Morgan fingerprint density at radius 2 is 2.00 bits per heavy atom. The van der Waals surface area contributed by atoms with Gasteiger partial charge in [-0.3, -0.25) is 9.69 Å². The summed E-state index contributed by atoms with van der Waals surface area (Å²) in [6, 6.07) is 4.92. The fourth-order valence-electron chi connectivity index (χ4n) is 3.05. The number of nitrogens with zero attached hydrogens (tertiary/aromatic N) is 2. The van der Waals surface area contributed by atoms with Crippen LogP contribution in [-0.4, -0.2) is 51.6 Å². The van der Waals surface area contributed by atoms with E-state index in [-0.39, 0.29) is 16.7 Å². The van der Waals surface area contributed by atoms with Gasteiger partial charge in [-0.15, -0.1) is 4.36 Å². The smallest absolute Gasteiger partial charge is 0.316 e. The molecule has 2 N–H and O–H groups in total. The van der Waals surface area contributed by atoms with Crippen LogP contribution in [0.1, 0.15) is 25.3 Å². The number of carbonyl (C=O) groups excluding carboxylic acids is 1. The zero-order valence-corrected chi connectivity index (χ0v) is 16.5. The summed E-state index contributed by atoms with van der Waals surface area (Å²) in [7, 11) is 0.422. The molecule has 0 aliphatic carbocycles. The van der Waals surface area contributed by atoms with Gasteiger partial charge in [-0.05, 0) is 62.8 Å². The van der Waals surface area contributed by atoms with Gasteiger partial charge in [0.05, 0.1) is 7.11 Å². The highest BCUT2D eigenvalue weighted by atomic mass is 32.2. The van der Waals surface area contributed by atoms with Crippen LogP contribution in [0.5, 0.6) is 5.75 Å². The molecule has 1 atom stereocenters. The summed E-state index contributed by atoms with van der Waals surface area (Å²) in [5.41, 5.74) is -0.272. The third-order valence-electron chi connectivity index (χ3n) is 4.55. The van der Waals surface area contributed by atoms with Gasteiger partial charge >= 0.3 is 10.5 Å². The second-order valence-corrected chi connectivity index (χ2v) is 7.02. The topological polar surface area (TPSA) is 100 Å². The molecule has 1 heterocycles. The number of hydrogen-bond donors (Lipinski definition) is 2. The SMILES string of the molecule is CNC(=S)NC(=O)C(C)(c1ccc(OC)c(N=S(=O)=O)c1)N1CCCC1. The van der Waals surface area contributed by atoms with Crippen LogP contribution in [0.4, 0.5) is 5.69 Å². The van der Waals surface area contributed by atoms with Crippen molar-refractivity contribution < 1.29 is 17.9 Å². The largest absolute Gasteiger partial charge is 0.494 e. The van der Waals surface area contributed by atoms with Crippen LogP contribution in [0.25, 0.3) is 0 Å². The van der Waals surface area contributed by atoms with Crippen LogP contribution < -0.4 is 15.4 Å². The Bertz CT molecular complexity index is 827. The number of benzene rings is 1. The summed E-state index contributed by atoms with van der Waals surface area (Å²) >= 11 is 5.07. The molecule has 26 heavy (non-hydrogen) atoms. The number of hydrogen-bond acceptors (Lipinski definition) is 7. The molecule has 1 aromatic carbocycles. The molecule has 0 spiro atoms. The van der Waals surface area contributed by atoms with E-state index in [0.29, 0.717) is 11.3 Å². The molecule has 0 aromatic heterocycles. The first kappa shape index (κ1) is 20.3.